The first-order valence-electron chi connectivity index (χ1n) is 4.11. The number of benzene rings is 1. The molecule has 0 atom stereocenters. The predicted molar refractivity (Wildman–Crippen MR) is 53.0 cm³/mol. The fraction of sp³-hybridized carbons (Fsp3) is 0. The van der Waals surface area contributed by atoms with Crippen molar-refractivity contribution in [3.05, 3.63) is 40.9 Å². The lowest BCUT2D eigenvalue weighted by molar-refractivity contribution is -0.384. The Kier molecular flexibility index (Phi) is 2.09. The van der Waals surface area contributed by atoms with Crippen molar-refractivity contribution in [1.82, 2.24) is 4.98 Å². The third kappa shape index (κ3) is 1.64. The molecule has 1 aromatic carbocycles. The number of nitrogens with zero attached hydrogens (tertiary/aromatic N) is 2. The molecule has 0 saturated carbocycles. The quantitative estimate of drug-likeness (QED) is 0.458. The molecule has 0 spiro atoms. The Bertz CT molecular complexity index is 493. The number of nitro groups is 1. The van der Waals surface area contributed by atoms with Crippen LogP contribution < -0.4 is 5.73 Å². The molecule has 0 amide bonds. The van der Waals surface area contributed by atoms with Crippen LogP contribution in [-0.2, 0) is 0 Å². The van der Waals surface area contributed by atoms with Crippen LogP contribution in [0.25, 0.3) is 11.3 Å². The van der Waals surface area contributed by atoms with E-state index in [1.165, 1.54) is 30.8 Å². The summed E-state index contributed by atoms with van der Waals surface area (Å²) < 4.78 is 5.04. The van der Waals surface area contributed by atoms with E-state index in [-0.39, 0.29) is 5.69 Å². The molecule has 0 bridgehead atoms. The average Bonchev–Trinajstić information content (AvgIpc) is 2.70. The maximum atomic E-state index is 10.5. The molecule has 0 aliphatic rings. The van der Waals surface area contributed by atoms with Gasteiger partial charge in [-0.05, 0) is 6.07 Å². The Hall–Kier alpha value is -2.37. The smallest absolute Gasteiger partial charge is 0.271 e. The number of hydrogen-bond donors (Lipinski definition) is 1. The topological polar surface area (TPSA) is 95.2 Å². The largest absolute Gasteiger partial charge is 0.443 e. The third-order valence-electron chi connectivity index (χ3n) is 1.94. The van der Waals surface area contributed by atoms with E-state index in [0.717, 1.165) is 0 Å². The molecule has 0 aliphatic carbocycles. The highest BCUT2D eigenvalue weighted by Gasteiger charge is 2.11. The van der Waals surface area contributed by atoms with E-state index in [2.05, 4.69) is 4.98 Å². The molecule has 6 heteroatoms. The van der Waals surface area contributed by atoms with Gasteiger partial charge in [0.25, 0.3) is 5.69 Å². The van der Waals surface area contributed by atoms with E-state index in [1.807, 2.05) is 0 Å². The number of oxazole rings is 1. The number of aromatic nitrogens is 1. The number of nitrogen functional groups attached to an aromatic ring is 1. The summed E-state index contributed by atoms with van der Waals surface area (Å²) in [5, 5.41) is 10.5. The zero-order valence-electron chi connectivity index (χ0n) is 7.58. The monoisotopic (exact) mass is 205 g/mol. The fourth-order valence-corrected chi connectivity index (χ4v) is 1.24. The van der Waals surface area contributed by atoms with Gasteiger partial charge in [0.1, 0.15) is 0 Å². The number of rotatable bonds is 2. The van der Waals surface area contributed by atoms with Crippen LogP contribution in [0.2, 0.25) is 0 Å². The highest BCUT2D eigenvalue weighted by atomic mass is 16.6. The molecular formula is C9H7N3O3. The Morgan fingerprint density at radius 2 is 2.27 bits per heavy atom. The highest BCUT2D eigenvalue weighted by molar-refractivity contribution is 5.74. The molecular weight excluding hydrogens is 198 g/mol. The summed E-state index contributed by atoms with van der Waals surface area (Å²) in [6.45, 7) is 0. The molecule has 0 fully saturated rings. The minimum Gasteiger partial charge on any atom is -0.443 e. The van der Waals surface area contributed by atoms with Crippen LogP contribution in [0.3, 0.4) is 0 Å². The van der Waals surface area contributed by atoms with E-state index in [9.17, 15) is 10.1 Å². The molecule has 6 nitrogen and oxygen atoms in total. The SMILES string of the molecule is Nc1cc([N+](=O)[O-])ccc1-c1cnco1. The van der Waals surface area contributed by atoms with Gasteiger partial charge in [-0.25, -0.2) is 4.98 Å². The summed E-state index contributed by atoms with van der Waals surface area (Å²) in [7, 11) is 0. The van der Waals surface area contributed by atoms with Crippen LogP contribution >= 0.6 is 0 Å². The van der Waals surface area contributed by atoms with E-state index in [4.69, 9.17) is 10.2 Å². The molecule has 76 valence electrons. The zero-order chi connectivity index (χ0) is 10.8. The van der Waals surface area contributed by atoms with E-state index >= 15 is 0 Å². The second kappa shape index (κ2) is 3.41. The van der Waals surface area contributed by atoms with Crippen LogP contribution in [0.5, 0.6) is 0 Å². The van der Waals surface area contributed by atoms with Crippen LogP contribution in [0.4, 0.5) is 11.4 Å². The van der Waals surface area contributed by atoms with Crippen LogP contribution in [0.15, 0.2) is 35.2 Å². The van der Waals surface area contributed by atoms with Crippen molar-refractivity contribution in [2.24, 2.45) is 0 Å². The summed E-state index contributed by atoms with van der Waals surface area (Å²) in [4.78, 5) is 13.7. The maximum Gasteiger partial charge on any atom is 0.271 e. The van der Waals surface area contributed by atoms with Crippen molar-refractivity contribution in [2.75, 3.05) is 5.73 Å². The van der Waals surface area contributed by atoms with Gasteiger partial charge in [-0.2, -0.15) is 0 Å². The number of anilines is 1. The van der Waals surface area contributed by atoms with E-state index in [0.29, 0.717) is 17.0 Å². The lowest BCUT2D eigenvalue weighted by Gasteiger charge is -2.00. The molecule has 0 radical (unpaired) electrons. The second-order valence-electron chi connectivity index (χ2n) is 2.89. The summed E-state index contributed by atoms with van der Waals surface area (Å²) in [5.41, 5.74) is 6.50. The number of non-ortho nitro benzene ring substituents is 1. The molecule has 1 aromatic heterocycles. The first kappa shape index (κ1) is 9.20. The molecule has 0 unspecified atom stereocenters. The molecule has 2 rings (SSSR count). The highest BCUT2D eigenvalue weighted by Crippen LogP contribution is 2.28. The van der Waals surface area contributed by atoms with Gasteiger partial charge in [-0.3, -0.25) is 10.1 Å². The van der Waals surface area contributed by atoms with Crippen molar-refractivity contribution in [3.63, 3.8) is 0 Å². The molecule has 1 heterocycles. The molecule has 2 N–H and O–H groups in total. The van der Waals surface area contributed by atoms with Crippen LogP contribution in [0, 0.1) is 10.1 Å². The van der Waals surface area contributed by atoms with Crippen molar-refractivity contribution in [1.29, 1.82) is 0 Å². The van der Waals surface area contributed by atoms with E-state index < -0.39 is 4.92 Å². The Labute approximate surface area is 84.5 Å². The fourth-order valence-electron chi connectivity index (χ4n) is 1.24. The summed E-state index contributed by atoms with van der Waals surface area (Å²) in [6, 6.07) is 4.19. The van der Waals surface area contributed by atoms with Crippen LogP contribution in [0.1, 0.15) is 0 Å². The lowest BCUT2D eigenvalue weighted by Crippen LogP contribution is -1.93. The summed E-state index contributed by atoms with van der Waals surface area (Å²) in [5.74, 6) is 0.488. The first-order chi connectivity index (χ1) is 7.18. The van der Waals surface area contributed by atoms with E-state index in [1.54, 1.807) is 0 Å². The maximum absolute atomic E-state index is 10.5. The standard InChI is InChI=1S/C9H7N3O3/c10-8-3-6(12(13)14)1-2-7(8)9-4-11-5-15-9/h1-5H,10H2. The van der Waals surface area contributed by atoms with Gasteiger partial charge in [0, 0.05) is 23.4 Å². The van der Waals surface area contributed by atoms with Crippen molar-refractivity contribution < 1.29 is 9.34 Å². The van der Waals surface area contributed by atoms with Gasteiger partial charge in [-0.15, -0.1) is 0 Å². The predicted octanol–water partition coefficient (Wildman–Crippen LogP) is 1.83. The van der Waals surface area contributed by atoms with Crippen molar-refractivity contribution in [2.45, 2.75) is 0 Å². The number of nitro benzene ring substituents is 1. The van der Waals surface area contributed by atoms with Crippen molar-refractivity contribution >= 4 is 11.4 Å². The average molecular weight is 205 g/mol. The van der Waals surface area contributed by atoms with Crippen LogP contribution in [-0.4, -0.2) is 9.91 Å². The Balaban J connectivity index is 2.48. The minimum atomic E-state index is -0.499. The van der Waals surface area contributed by atoms with Gasteiger partial charge < -0.3 is 10.2 Å². The zero-order valence-corrected chi connectivity index (χ0v) is 7.58. The van der Waals surface area contributed by atoms with Gasteiger partial charge >= 0.3 is 0 Å². The minimum absolute atomic E-state index is 0.0456. The molecule has 0 saturated heterocycles. The summed E-state index contributed by atoms with van der Waals surface area (Å²) >= 11 is 0. The number of hydrogen-bond acceptors (Lipinski definition) is 5. The third-order valence-corrected chi connectivity index (χ3v) is 1.94. The van der Waals surface area contributed by atoms with Gasteiger partial charge in [0.05, 0.1) is 11.1 Å². The normalized spacial score (nSPS) is 10.1. The second-order valence-corrected chi connectivity index (χ2v) is 2.89. The molecule has 0 aliphatic heterocycles. The van der Waals surface area contributed by atoms with Gasteiger partial charge in [0.15, 0.2) is 12.2 Å². The summed E-state index contributed by atoms with van der Waals surface area (Å²) in [6.07, 6.45) is 2.77. The molecule has 2 aromatic rings. The van der Waals surface area contributed by atoms with Crippen molar-refractivity contribution in [3.8, 4) is 11.3 Å². The Morgan fingerprint density at radius 1 is 1.47 bits per heavy atom. The first-order valence-corrected chi connectivity index (χ1v) is 4.11. The Morgan fingerprint density at radius 3 is 2.80 bits per heavy atom. The van der Waals surface area contributed by atoms with Gasteiger partial charge in [-0.1, -0.05) is 0 Å². The molecule has 15 heavy (non-hydrogen) atoms. The lowest BCUT2D eigenvalue weighted by atomic mass is 10.1. The number of nitrogens with two attached hydrogens (primary N) is 1. The van der Waals surface area contributed by atoms with Gasteiger partial charge in [0.2, 0.25) is 0 Å².